The van der Waals surface area contributed by atoms with Gasteiger partial charge in [0.25, 0.3) is 0 Å². The Morgan fingerprint density at radius 3 is 2.81 bits per heavy atom. The molecule has 1 unspecified atom stereocenters. The summed E-state index contributed by atoms with van der Waals surface area (Å²) >= 11 is 0. The Morgan fingerprint density at radius 2 is 2.08 bits per heavy atom. The van der Waals surface area contributed by atoms with Gasteiger partial charge in [0.15, 0.2) is 0 Å². The SMILES string of the molecule is CCCCC[C@H](C)CCC1C(=O)C[C@]2(N)Cc3c(cccc3OC)C[C@H]12. The predicted molar refractivity (Wildman–Crippen MR) is 106 cm³/mol. The average Bonchev–Trinajstić information content (AvgIpc) is 2.86. The molecule has 2 aliphatic carbocycles. The van der Waals surface area contributed by atoms with Crippen molar-refractivity contribution >= 4 is 5.78 Å². The van der Waals surface area contributed by atoms with Crippen LogP contribution in [0.15, 0.2) is 18.2 Å². The molecule has 2 N–H and O–H groups in total. The summed E-state index contributed by atoms with van der Waals surface area (Å²) < 4.78 is 5.54. The lowest BCUT2D eigenvalue weighted by Crippen LogP contribution is -2.50. The van der Waals surface area contributed by atoms with Crippen LogP contribution in [0.5, 0.6) is 5.75 Å². The van der Waals surface area contributed by atoms with Gasteiger partial charge >= 0.3 is 0 Å². The molecular weight excluding hydrogens is 322 g/mol. The van der Waals surface area contributed by atoms with E-state index >= 15 is 0 Å². The molecule has 1 fully saturated rings. The molecule has 0 saturated heterocycles. The van der Waals surface area contributed by atoms with E-state index < -0.39 is 0 Å². The highest BCUT2D eigenvalue weighted by Gasteiger charge is 2.52. The summed E-state index contributed by atoms with van der Waals surface area (Å²) in [5, 5.41) is 0. The van der Waals surface area contributed by atoms with Gasteiger partial charge < -0.3 is 10.5 Å². The molecule has 3 nitrogen and oxygen atoms in total. The highest BCUT2D eigenvalue weighted by molar-refractivity contribution is 5.86. The van der Waals surface area contributed by atoms with Crippen LogP contribution in [-0.2, 0) is 17.6 Å². The standard InChI is InChI=1S/C23H35NO2/c1-4-5-6-8-16(2)11-12-18-20-13-17-9-7-10-22(26-3)19(17)14-23(20,24)15-21(18)25/h7,9-10,16,18,20H,4-6,8,11-15,24H2,1-3H3/t16-,18?,20+,23+/m0/s1. The number of rotatable bonds is 8. The first-order valence-electron chi connectivity index (χ1n) is 10.4. The summed E-state index contributed by atoms with van der Waals surface area (Å²) in [7, 11) is 1.72. The van der Waals surface area contributed by atoms with E-state index in [1.807, 2.05) is 6.07 Å². The van der Waals surface area contributed by atoms with Crippen LogP contribution in [0.4, 0.5) is 0 Å². The summed E-state index contributed by atoms with van der Waals surface area (Å²) in [5.41, 5.74) is 8.97. The zero-order valence-corrected chi connectivity index (χ0v) is 16.7. The van der Waals surface area contributed by atoms with Crippen LogP contribution in [0.1, 0.15) is 69.9 Å². The molecule has 26 heavy (non-hydrogen) atoms. The van der Waals surface area contributed by atoms with E-state index in [0.717, 1.165) is 31.4 Å². The van der Waals surface area contributed by atoms with Crippen LogP contribution in [0.25, 0.3) is 0 Å². The third kappa shape index (κ3) is 3.83. The summed E-state index contributed by atoms with van der Waals surface area (Å²) in [5.74, 6) is 2.46. The lowest BCUT2D eigenvalue weighted by atomic mass is 9.69. The van der Waals surface area contributed by atoms with Crippen molar-refractivity contribution in [2.45, 2.75) is 77.2 Å². The minimum absolute atomic E-state index is 0.146. The topological polar surface area (TPSA) is 52.3 Å². The molecule has 0 spiro atoms. The van der Waals surface area contributed by atoms with E-state index in [2.05, 4.69) is 26.0 Å². The molecule has 1 aromatic carbocycles. The number of carbonyl (C=O) groups is 1. The number of hydrogen-bond acceptors (Lipinski definition) is 3. The molecule has 0 amide bonds. The first-order valence-corrected chi connectivity index (χ1v) is 10.4. The minimum Gasteiger partial charge on any atom is -0.496 e. The molecule has 0 bridgehead atoms. The second kappa shape index (κ2) is 8.12. The predicted octanol–water partition coefficient (Wildman–Crippen LogP) is 4.69. The molecule has 4 atom stereocenters. The Hall–Kier alpha value is -1.35. The Bertz CT molecular complexity index is 641. The van der Waals surface area contributed by atoms with E-state index in [0.29, 0.717) is 18.1 Å². The van der Waals surface area contributed by atoms with Gasteiger partial charge in [-0.25, -0.2) is 0 Å². The first-order chi connectivity index (χ1) is 12.5. The molecule has 2 aliphatic rings. The van der Waals surface area contributed by atoms with Crippen LogP contribution in [0, 0.1) is 17.8 Å². The van der Waals surface area contributed by atoms with Gasteiger partial charge in [-0.05, 0) is 48.3 Å². The zero-order chi connectivity index (χ0) is 18.7. The number of unbranched alkanes of at least 4 members (excludes halogenated alkanes) is 2. The molecule has 1 saturated carbocycles. The van der Waals surface area contributed by atoms with Crippen molar-refractivity contribution in [3.05, 3.63) is 29.3 Å². The average molecular weight is 358 g/mol. The number of ether oxygens (including phenoxy) is 1. The van der Waals surface area contributed by atoms with Crippen molar-refractivity contribution < 1.29 is 9.53 Å². The van der Waals surface area contributed by atoms with E-state index in [4.69, 9.17) is 10.5 Å². The lowest BCUT2D eigenvalue weighted by molar-refractivity contribution is -0.121. The van der Waals surface area contributed by atoms with Crippen molar-refractivity contribution in [1.29, 1.82) is 0 Å². The van der Waals surface area contributed by atoms with E-state index in [1.165, 1.54) is 36.8 Å². The smallest absolute Gasteiger partial charge is 0.138 e. The van der Waals surface area contributed by atoms with Crippen LogP contribution in [0.2, 0.25) is 0 Å². The van der Waals surface area contributed by atoms with Crippen LogP contribution >= 0.6 is 0 Å². The van der Waals surface area contributed by atoms with E-state index in [1.54, 1.807) is 7.11 Å². The number of benzene rings is 1. The van der Waals surface area contributed by atoms with Crippen molar-refractivity contribution in [1.82, 2.24) is 0 Å². The quantitative estimate of drug-likeness (QED) is 0.687. The fourth-order valence-corrected chi connectivity index (χ4v) is 5.22. The molecule has 144 valence electrons. The Kier molecular flexibility index (Phi) is 6.06. The number of methoxy groups -OCH3 is 1. The van der Waals surface area contributed by atoms with Crippen molar-refractivity contribution in [3.63, 3.8) is 0 Å². The first kappa shape index (κ1) is 19.4. The third-order valence-corrected chi connectivity index (χ3v) is 6.81. The summed E-state index contributed by atoms with van der Waals surface area (Å²) in [6.07, 6.45) is 9.57. The monoisotopic (exact) mass is 357 g/mol. The van der Waals surface area contributed by atoms with Gasteiger partial charge in [-0.15, -0.1) is 0 Å². The molecule has 3 rings (SSSR count). The Labute approximate surface area is 158 Å². The Balaban J connectivity index is 1.69. The molecule has 0 heterocycles. The number of hydrogen-bond donors (Lipinski definition) is 1. The number of fused-ring (bicyclic) bond motifs is 2. The largest absolute Gasteiger partial charge is 0.496 e. The number of carbonyl (C=O) groups excluding carboxylic acids is 1. The van der Waals surface area contributed by atoms with E-state index in [9.17, 15) is 4.79 Å². The molecule has 0 radical (unpaired) electrons. The molecule has 0 aromatic heterocycles. The van der Waals surface area contributed by atoms with Crippen molar-refractivity contribution in [3.8, 4) is 5.75 Å². The van der Waals surface area contributed by atoms with Crippen molar-refractivity contribution in [2.75, 3.05) is 7.11 Å². The van der Waals surface area contributed by atoms with Gasteiger partial charge in [-0.1, -0.05) is 58.1 Å². The zero-order valence-electron chi connectivity index (χ0n) is 16.7. The minimum atomic E-state index is -0.380. The molecule has 1 aromatic rings. The fraction of sp³-hybridized carbons (Fsp3) is 0.696. The van der Waals surface area contributed by atoms with Crippen LogP contribution in [0.3, 0.4) is 0 Å². The van der Waals surface area contributed by atoms with Gasteiger partial charge in [-0.2, -0.15) is 0 Å². The van der Waals surface area contributed by atoms with Crippen LogP contribution < -0.4 is 10.5 Å². The van der Waals surface area contributed by atoms with Gasteiger partial charge in [0.2, 0.25) is 0 Å². The second-order valence-corrected chi connectivity index (χ2v) is 8.75. The second-order valence-electron chi connectivity index (χ2n) is 8.75. The number of Topliss-reactive ketones (excluding diaryl/α,β-unsaturated/α-hetero) is 1. The third-order valence-electron chi connectivity index (χ3n) is 6.81. The highest BCUT2D eigenvalue weighted by atomic mass is 16.5. The molecule has 0 aliphatic heterocycles. The van der Waals surface area contributed by atoms with Gasteiger partial charge in [0, 0.05) is 17.9 Å². The summed E-state index contributed by atoms with van der Waals surface area (Å²) in [6, 6.07) is 6.25. The van der Waals surface area contributed by atoms with E-state index in [-0.39, 0.29) is 17.4 Å². The molecular formula is C23H35NO2. The maximum absolute atomic E-state index is 12.8. The van der Waals surface area contributed by atoms with Crippen molar-refractivity contribution in [2.24, 2.45) is 23.5 Å². The number of ketones is 1. The maximum atomic E-state index is 12.8. The van der Waals surface area contributed by atoms with Gasteiger partial charge in [0.1, 0.15) is 11.5 Å². The Morgan fingerprint density at radius 1 is 1.27 bits per heavy atom. The number of nitrogens with two attached hydrogens (primary N) is 1. The fourth-order valence-electron chi connectivity index (χ4n) is 5.22. The normalized spacial score (nSPS) is 28.5. The lowest BCUT2D eigenvalue weighted by Gasteiger charge is -2.39. The van der Waals surface area contributed by atoms with Gasteiger partial charge in [-0.3, -0.25) is 4.79 Å². The summed E-state index contributed by atoms with van der Waals surface area (Å²) in [4.78, 5) is 12.8. The van der Waals surface area contributed by atoms with Crippen LogP contribution in [-0.4, -0.2) is 18.4 Å². The highest BCUT2D eigenvalue weighted by Crippen LogP contribution is 2.48. The maximum Gasteiger partial charge on any atom is 0.138 e. The summed E-state index contributed by atoms with van der Waals surface area (Å²) in [6.45, 7) is 4.59. The van der Waals surface area contributed by atoms with Gasteiger partial charge in [0.05, 0.1) is 7.11 Å². The molecule has 3 heteroatoms.